The molecule has 2 amide bonds. The van der Waals surface area contributed by atoms with Gasteiger partial charge in [-0.1, -0.05) is 20.8 Å². The highest BCUT2D eigenvalue weighted by molar-refractivity contribution is 7.92. The van der Waals surface area contributed by atoms with Crippen molar-refractivity contribution in [2.75, 3.05) is 22.7 Å². The Labute approximate surface area is 211 Å². The van der Waals surface area contributed by atoms with E-state index in [1.807, 2.05) is 0 Å². The van der Waals surface area contributed by atoms with E-state index >= 15 is 0 Å². The first kappa shape index (κ1) is 27.3. The number of rotatable bonds is 5. The molecule has 0 saturated carbocycles. The van der Waals surface area contributed by atoms with Crippen LogP contribution in [0.15, 0.2) is 47.4 Å². The lowest BCUT2D eigenvalue weighted by atomic mass is 9.95. The fraction of sp³-hybridized carbons (Fsp3) is 0.440. The van der Waals surface area contributed by atoms with E-state index in [4.69, 9.17) is 9.47 Å². The lowest BCUT2D eigenvalue weighted by Gasteiger charge is -2.36. The number of hydrogen-bond donors (Lipinski definition) is 2. The Balaban J connectivity index is 1.95. The molecule has 0 fully saturated rings. The van der Waals surface area contributed by atoms with Crippen LogP contribution in [0.1, 0.15) is 41.5 Å². The van der Waals surface area contributed by atoms with E-state index in [1.165, 1.54) is 24.3 Å². The average molecular weight is 522 g/mol. The predicted octanol–water partition coefficient (Wildman–Crippen LogP) is 4.29. The van der Waals surface area contributed by atoms with Gasteiger partial charge < -0.3 is 14.8 Å². The second-order valence-electron chi connectivity index (χ2n) is 10.5. The number of anilines is 2. The summed E-state index contributed by atoms with van der Waals surface area (Å²) in [6, 6.07) is 9.04. The molecule has 1 unspecified atom stereocenters. The maximum absolute atomic E-state index is 13.6. The monoisotopic (exact) mass is 521 g/mol. The van der Waals surface area contributed by atoms with Gasteiger partial charge in [-0.15, -0.1) is 0 Å². The largest absolute Gasteiger partial charge is 0.484 e. The summed E-state index contributed by atoms with van der Waals surface area (Å²) in [6.07, 6.45) is -1.39. The Hall–Kier alpha value is -3.34. The number of nitrogens with zero attached hydrogens (tertiary/aromatic N) is 1. The fourth-order valence-corrected chi connectivity index (χ4v) is 4.85. The summed E-state index contributed by atoms with van der Waals surface area (Å²) in [4.78, 5) is 24.5. The van der Waals surface area contributed by atoms with Crippen LogP contribution in [-0.2, 0) is 19.6 Å². The van der Waals surface area contributed by atoms with Gasteiger partial charge in [0.2, 0.25) is 5.91 Å². The highest BCUT2D eigenvalue weighted by Gasteiger charge is 2.35. The van der Waals surface area contributed by atoms with Gasteiger partial charge in [0.05, 0.1) is 23.7 Å². The summed E-state index contributed by atoms with van der Waals surface area (Å²) in [7, 11) is -4.14. The van der Waals surface area contributed by atoms with Crippen molar-refractivity contribution in [1.82, 2.24) is 5.32 Å². The standard InChI is InChI=1S/C25H32FN3O6S/c1-24(2,3)22(30)27-14-18-15-29(36(32,33)19-10-7-16(26)8-11-19)20-13-17(9-12-21(20)34-18)28-23(31)35-25(4,5)6/h7-13,18H,14-15H2,1-6H3,(H,27,30)(H,28,31). The summed E-state index contributed by atoms with van der Waals surface area (Å²) in [5.41, 5.74) is -0.865. The normalized spacial score (nSPS) is 16.0. The molecule has 1 heterocycles. The minimum atomic E-state index is -4.14. The van der Waals surface area contributed by atoms with Crippen LogP contribution in [0.4, 0.5) is 20.6 Å². The van der Waals surface area contributed by atoms with Crippen LogP contribution in [0.25, 0.3) is 0 Å². The van der Waals surface area contributed by atoms with Crippen molar-refractivity contribution in [3.63, 3.8) is 0 Å². The van der Waals surface area contributed by atoms with Gasteiger partial charge in [0.1, 0.15) is 23.3 Å². The Morgan fingerprint density at radius 3 is 2.31 bits per heavy atom. The molecule has 2 aromatic carbocycles. The van der Waals surface area contributed by atoms with Crippen LogP contribution in [0.3, 0.4) is 0 Å². The second-order valence-corrected chi connectivity index (χ2v) is 12.4. The topological polar surface area (TPSA) is 114 Å². The molecule has 9 nitrogen and oxygen atoms in total. The third-order valence-electron chi connectivity index (χ3n) is 5.11. The maximum atomic E-state index is 13.6. The molecule has 3 rings (SSSR count). The van der Waals surface area contributed by atoms with Gasteiger partial charge >= 0.3 is 6.09 Å². The molecule has 1 aliphatic rings. The quantitative estimate of drug-likeness (QED) is 0.607. The first-order valence-electron chi connectivity index (χ1n) is 11.4. The van der Waals surface area contributed by atoms with E-state index in [0.29, 0.717) is 5.69 Å². The number of nitrogens with one attached hydrogen (secondary N) is 2. The molecular formula is C25H32FN3O6S. The van der Waals surface area contributed by atoms with E-state index in [2.05, 4.69) is 10.6 Å². The third-order valence-corrected chi connectivity index (χ3v) is 6.90. The van der Waals surface area contributed by atoms with Gasteiger partial charge in [-0.2, -0.15) is 0 Å². The van der Waals surface area contributed by atoms with E-state index in [1.54, 1.807) is 47.6 Å². The van der Waals surface area contributed by atoms with E-state index in [0.717, 1.165) is 16.4 Å². The van der Waals surface area contributed by atoms with Crippen molar-refractivity contribution >= 4 is 33.4 Å². The third kappa shape index (κ3) is 6.66. The number of carbonyl (C=O) groups excluding carboxylic acids is 2. The minimum Gasteiger partial charge on any atom is -0.484 e. The molecule has 0 aromatic heterocycles. The molecule has 2 N–H and O–H groups in total. The fourth-order valence-electron chi connectivity index (χ4n) is 3.35. The van der Waals surface area contributed by atoms with Crippen LogP contribution in [0.5, 0.6) is 5.75 Å². The summed E-state index contributed by atoms with van der Waals surface area (Å²) < 4.78 is 53.0. The number of fused-ring (bicyclic) bond motifs is 1. The molecule has 11 heteroatoms. The van der Waals surface area contributed by atoms with Crippen molar-refractivity contribution in [1.29, 1.82) is 0 Å². The molecule has 1 atom stereocenters. The highest BCUT2D eigenvalue weighted by Crippen LogP contribution is 2.39. The predicted molar refractivity (Wildman–Crippen MR) is 134 cm³/mol. The molecule has 196 valence electrons. The van der Waals surface area contributed by atoms with Crippen molar-refractivity contribution in [3.05, 3.63) is 48.3 Å². The van der Waals surface area contributed by atoms with Gasteiger partial charge in [-0.3, -0.25) is 14.4 Å². The Morgan fingerprint density at radius 1 is 1.08 bits per heavy atom. The number of benzene rings is 2. The van der Waals surface area contributed by atoms with Crippen molar-refractivity contribution in [2.45, 2.75) is 58.1 Å². The summed E-state index contributed by atoms with van der Waals surface area (Å²) in [5, 5.41) is 5.38. The van der Waals surface area contributed by atoms with Crippen LogP contribution in [-0.4, -0.2) is 45.2 Å². The van der Waals surface area contributed by atoms with E-state index < -0.39 is 39.1 Å². The smallest absolute Gasteiger partial charge is 0.412 e. The number of hydrogen-bond acceptors (Lipinski definition) is 6. The number of ether oxygens (including phenoxy) is 2. The van der Waals surface area contributed by atoms with Crippen molar-refractivity contribution < 1.29 is 31.9 Å². The maximum Gasteiger partial charge on any atom is 0.412 e. The zero-order valence-electron chi connectivity index (χ0n) is 21.2. The summed E-state index contributed by atoms with van der Waals surface area (Å²) in [5.74, 6) is -0.527. The molecular weight excluding hydrogens is 489 g/mol. The van der Waals surface area contributed by atoms with Crippen LogP contribution in [0, 0.1) is 11.2 Å². The van der Waals surface area contributed by atoms with Gasteiger partial charge in [-0.05, 0) is 63.2 Å². The molecule has 36 heavy (non-hydrogen) atoms. The van der Waals surface area contributed by atoms with E-state index in [9.17, 15) is 22.4 Å². The molecule has 0 bridgehead atoms. The Kier molecular flexibility index (Phi) is 7.54. The van der Waals surface area contributed by atoms with Crippen LogP contribution >= 0.6 is 0 Å². The molecule has 1 aliphatic heterocycles. The first-order valence-corrected chi connectivity index (χ1v) is 12.9. The molecule has 0 spiro atoms. The van der Waals surface area contributed by atoms with Gasteiger partial charge in [0, 0.05) is 11.1 Å². The van der Waals surface area contributed by atoms with Crippen molar-refractivity contribution in [3.8, 4) is 5.75 Å². The first-order chi connectivity index (χ1) is 16.6. The number of sulfonamides is 1. The van der Waals surface area contributed by atoms with Crippen LogP contribution in [0.2, 0.25) is 0 Å². The Morgan fingerprint density at radius 2 is 1.72 bits per heavy atom. The zero-order valence-corrected chi connectivity index (χ0v) is 22.0. The van der Waals surface area contributed by atoms with Gasteiger partial charge in [0.25, 0.3) is 10.0 Å². The second kappa shape index (κ2) is 9.96. The minimum absolute atomic E-state index is 0.0723. The molecule has 2 aromatic rings. The average Bonchev–Trinajstić information content (AvgIpc) is 2.75. The highest BCUT2D eigenvalue weighted by atomic mass is 32.2. The van der Waals surface area contributed by atoms with Gasteiger partial charge in [-0.25, -0.2) is 17.6 Å². The lowest BCUT2D eigenvalue weighted by Crippen LogP contribution is -2.49. The number of amides is 2. The Bertz CT molecular complexity index is 1230. The van der Waals surface area contributed by atoms with Crippen molar-refractivity contribution in [2.24, 2.45) is 5.41 Å². The molecule has 0 aliphatic carbocycles. The molecule has 0 radical (unpaired) electrons. The lowest BCUT2D eigenvalue weighted by molar-refractivity contribution is -0.128. The SMILES string of the molecule is CC(C)(C)OC(=O)Nc1ccc2c(c1)N(S(=O)(=O)c1ccc(F)cc1)CC(CNC(=O)C(C)(C)C)O2. The number of carbonyl (C=O) groups is 2. The number of halogens is 1. The van der Waals surface area contributed by atoms with E-state index in [-0.39, 0.29) is 35.3 Å². The van der Waals surface area contributed by atoms with Gasteiger partial charge in [0.15, 0.2) is 0 Å². The summed E-state index contributed by atoms with van der Waals surface area (Å²) in [6.45, 7) is 10.4. The molecule has 0 saturated heterocycles. The summed E-state index contributed by atoms with van der Waals surface area (Å²) >= 11 is 0. The zero-order chi connectivity index (χ0) is 26.9. The van der Waals surface area contributed by atoms with Crippen LogP contribution < -0.4 is 19.7 Å².